The Kier molecular flexibility index (Phi) is 6.72. The quantitative estimate of drug-likeness (QED) is 0.163. The molecule has 33 heavy (non-hydrogen) atoms. The molecule has 0 radical (unpaired) electrons. The lowest BCUT2D eigenvalue weighted by Crippen LogP contribution is -2.04. The first kappa shape index (κ1) is 23.3. The molecule has 0 atom stereocenters. The molecule has 166 valence electrons. The largest absolute Gasteiger partial charge is 0.511 e. The molecule has 4 rings (SSSR count). The summed E-state index contributed by atoms with van der Waals surface area (Å²) in [5.41, 5.74) is 3.54. The highest BCUT2D eigenvalue weighted by molar-refractivity contribution is 7.13. The van der Waals surface area contributed by atoms with Crippen molar-refractivity contribution >= 4 is 58.1 Å². The average Bonchev–Trinajstić information content (AvgIpc) is 3.26. The maximum atomic E-state index is 11.8. The fraction of sp³-hybridized carbons (Fsp3) is 0.0417. The molecule has 3 aromatic carbocycles. The van der Waals surface area contributed by atoms with Crippen molar-refractivity contribution in [1.82, 2.24) is 4.98 Å². The maximum absolute atomic E-state index is 11.8. The average molecular weight is 519 g/mol. The van der Waals surface area contributed by atoms with Gasteiger partial charge >= 0.3 is 6.16 Å². The van der Waals surface area contributed by atoms with Gasteiger partial charge in [0, 0.05) is 38.2 Å². The van der Waals surface area contributed by atoms with Gasteiger partial charge in [-0.25, -0.2) is 9.78 Å². The number of carbonyl (C=O) groups excluding carboxylic acids is 1. The van der Waals surface area contributed by atoms with Crippen LogP contribution in [-0.4, -0.2) is 22.0 Å². The van der Waals surface area contributed by atoms with E-state index in [0.29, 0.717) is 48.0 Å². The number of hydrogen-bond donors (Lipinski definition) is 1. The minimum Gasteiger partial charge on any atom is -0.449 e. The van der Waals surface area contributed by atoms with Crippen LogP contribution in [0.3, 0.4) is 0 Å². The smallest absolute Gasteiger partial charge is 0.449 e. The second-order valence-corrected chi connectivity index (χ2v) is 9.08. The van der Waals surface area contributed by atoms with Crippen LogP contribution in [0.2, 0.25) is 15.1 Å². The molecule has 0 aliphatic heterocycles. The molecule has 0 spiro atoms. The van der Waals surface area contributed by atoms with E-state index in [4.69, 9.17) is 39.5 Å². The summed E-state index contributed by atoms with van der Waals surface area (Å²) >= 11 is 19.8. The lowest BCUT2D eigenvalue weighted by atomic mass is 9.99. The van der Waals surface area contributed by atoms with E-state index in [1.807, 2.05) is 11.4 Å². The van der Waals surface area contributed by atoms with Crippen LogP contribution in [0, 0.1) is 0 Å². The van der Waals surface area contributed by atoms with Crippen molar-refractivity contribution in [2.45, 2.75) is 6.92 Å². The van der Waals surface area contributed by atoms with Gasteiger partial charge in [0.25, 0.3) is 0 Å². The van der Waals surface area contributed by atoms with Crippen molar-refractivity contribution in [1.29, 1.82) is 0 Å². The van der Waals surface area contributed by atoms with Gasteiger partial charge in [0.15, 0.2) is 5.78 Å². The highest BCUT2D eigenvalue weighted by Gasteiger charge is 2.17. The molecule has 0 unspecified atom stereocenters. The molecule has 0 aliphatic rings. The molecule has 1 N–H and O–H groups in total. The zero-order valence-electron chi connectivity index (χ0n) is 16.9. The van der Waals surface area contributed by atoms with Crippen LogP contribution in [0.5, 0.6) is 5.75 Å². The van der Waals surface area contributed by atoms with E-state index in [0.717, 1.165) is 5.56 Å². The van der Waals surface area contributed by atoms with Crippen LogP contribution in [0.25, 0.3) is 33.0 Å². The predicted molar refractivity (Wildman–Crippen MR) is 132 cm³/mol. The fourth-order valence-corrected chi connectivity index (χ4v) is 4.55. The van der Waals surface area contributed by atoms with E-state index in [1.165, 1.54) is 18.3 Å². The molecular formula is C24H14Cl3NO4S. The van der Waals surface area contributed by atoms with E-state index >= 15 is 0 Å². The Morgan fingerprint density at radius 3 is 2.30 bits per heavy atom. The Bertz CT molecular complexity index is 1400. The first-order valence-electron chi connectivity index (χ1n) is 9.50. The van der Waals surface area contributed by atoms with Gasteiger partial charge in [-0.2, -0.15) is 0 Å². The molecule has 0 saturated heterocycles. The summed E-state index contributed by atoms with van der Waals surface area (Å²) in [7, 11) is 0. The zero-order valence-corrected chi connectivity index (χ0v) is 20.0. The molecule has 0 bridgehead atoms. The van der Waals surface area contributed by atoms with E-state index in [-0.39, 0.29) is 11.5 Å². The molecule has 5 nitrogen and oxygen atoms in total. The van der Waals surface area contributed by atoms with Crippen molar-refractivity contribution in [2.24, 2.45) is 0 Å². The first-order valence-corrected chi connectivity index (χ1v) is 11.5. The summed E-state index contributed by atoms with van der Waals surface area (Å²) in [6.07, 6.45) is -1.47. The molecule has 0 aliphatic carbocycles. The maximum Gasteiger partial charge on any atom is 0.511 e. The van der Waals surface area contributed by atoms with Crippen LogP contribution < -0.4 is 4.74 Å². The van der Waals surface area contributed by atoms with Gasteiger partial charge in [-0.05, 0) is 49.4 Å². The molecule has 1 heterocycles. The fourth-order valence-electron chi connectivity index (χ4n) is 3.20. The third kappa shape index (κ3) is 5.04. The van der Waals surface area contributed by atoms with Crippen LogP contribution in [0.1, 0.15) is 17.3 Å². The lowest BCUT2D eigenvalue weighted by molar-refractivity contribution is 0.101. The number of halogens is 3. The monoisotopic (exact) mass is 517 g/mol. The van der Waals surface area contributed by atoms with Gasteiger partial charge in [-0.3, -0.25) is 4.79 Å². The number of rotatable bonds is 5. The number of ether oxygens (including phenoxy) is 1. The van der Waals surface area contributed by atoms with Crippen molar-refractivity contribution in [3.8, 4) is 38.7 Å². The highest BCUT2D eigenvalue weighted by Crippen LogP contribution is 2.40. The predicted octanol–water partition coefficient (Wildman–Crippen LogP) is 8.36. The van der Waals surface area contributed by atoms with E-state index in [2.05, 4.69) is 4.98 Å². The number of aromatic nitrogens is 1. The minimum absolute atomic E-state index is 0.0777. The van der Waals surface area contributed by atoms with Gasteiger partial charge in [0.2, 0.25) is 0 Å². The molecule has 9 heteroatoms. The standard InChI is InChI=1S/C24H14Cl3NO4S/c1-12(29)13-3-6-18(25)17(8-13)16-5-2-15(10-22(16)32-24(30)31)23-28-21(11-33-23)14-4-7-19(26)20(27)9-14/h2-11H,1H3,(H,30,31). The summed E-state index contributed by atoms with van der Waals surface area (Å²) < 4.78 is 5.06. The second kappa shape index (κ2) is 9.53. The Balaban J connectivity index is 1.77. The SMILES string of the molecule is CC(=O)c1ccc(Cl)c(-c2ccc(-c3nc(-c4ccc(Cl)c(Cl)c4)cs3)cc2OC(=O)O)c1. The summed E-state index contributed by atoms with van der Waals surface area (Å²) in [6.45, 7) is 1.44. The van der Waals surface area contributed by atoms with Gasteiger partial charge in [-0.1, -0.05) is 46.9 Å². The van der Waals surface area contributed by atoms with E-state index < -0.39 is 6.16 Å². The lowest BCUT2D eigenvalue weighted by Gasteiger charge is -2.12. The number of thiazole rings is 1. The van der Waals surface area contributed by atoms with Gasteiger partial charge in [-0.15, -0.1) is 11.3 Å². The molecule has 1 aromatic heterocycles. The van der Waals surface area contributed by atoms with Crippen LogP contribution in [-0.2, 0) is 0 Å². The number of hydrogen-bond acceptors (Lipinski definition) is 5. The first-order chi connectivity index (χ1) is 15.7. The third-order valence-electron chi connectivity index (χ3n) is 4.81. The Hall–Kier alpha value is -2.90. The van der Waals surface area contributed by atoms with E-state index in [1.54, 1.807) is 48.5 Å². The number of carboxylic acid groups (broad SMARTS) is 1. The van der Waals surface area contributed by atoms with E-state index in [9.17, 15) is 14.7 Å². The molecule has 4 aromatic rings. The Morgan fingerprint density at radius 1 is 0.879 bits per heavy atom. The number of nitrogens with zero attached hydrogens (tertiary/aromatic N) is 1. The van der Waals surface area contributed by atoms with Crippen molar-refractivity contribution in [3.05, 3.63) is 80.6 Å². The van der Waals surface area contributed by atoms with Crippen LogP contribution in [0.15, 0.2) is 60.0 Å². The molecule has 0 fully saturated rings. The summed E-state index contributed by atoms with van der Waals surface area (Å²) in [5, 5.41) is 13.0. The van der Waals surface area contributed by atoms with Gasteiger partial charge in [0.05, 0.1) is 15.7 Å². The molecule has 0 amide bonds. The topological polar surface area (TPSA) is 76.5 Å². The minimum atomic E-state index is -1.47. The Labute approximate surface area is 208 Å². The Morgan fingerprint density at radius 2 is 1.61 bits per heavy atom. The molecular weight excluding hydrogens is 505 g/mol. The summed E-state index contributed by atoms with van der Waals surface area (Å²) in [4.78, 5) is 27.8. The van der Waals surface area contributed by atoms with Crippen LogP contribution >= 0.6 is 46.1 Å². The third-order valence-corrected chi connectivity index (χ3v) is 6.77. The number of carbonyl (C=O) groups is 2. The highest BCUT2D eigenvalue weighted by atomic mass is 35.5. The molecule has 0 saturated carbocycles. The van der Waals surface area contributed by atoms with Crippen molar-refractivity contribution in [3.63, 3.8) is 0 Å². The van der Waals surface area contributed by atoms with Gasteiger partial charge in [0.1, 0.15) is 10.8 Å². The summed E-state index contributed by atoms with van der Waals surface area (Å²) in [6, 6.07) is 15.1. The van der Waals surface area contributed by atoms with Crippen LogP contribution in [0.4, 0.5) is 4.79 Å². The van der Waals surface area contributed by atoms with Crippen molar-refractivity contribution < 1.29 is 19.4 Å². The number of Topliss-reactive ketones (excluding diaryl/α,β-unsaturated/α-hetero) is 1. The van der Waals surface area contributed by atoms with Gasteiger partial charge < -0.3 is 9.84 Å². The number of ketones is 1. The van der Waals surface area contributed by atoms with Crippen molar-refractivity contribution in [2.75, 3.05) is 0 Å². The number of benzene rings is 3. The second-order valence-electron chi connectivity index (χ2n) is 7.00. The summed E-state index contributed by atoms with van der Waals surface area (Å²) in [5.74, 6) is -0.0586. The zero-order chi connectivity index (χ0) is 23.7. The normalized spacial score (nSPS) is 10.8.